The van der Waals surface area contributed by atoms with Gasteiger partial charge in [0, 0.05) is 18.7 Å². The molecule has 1 amide bonds. The van der Waals surface area contributed by atoms with Crippen LogP contribution in [0.3, 0.4) is 0 Å². The maximum Gasteiger partial charge on any atom is 0.417 e. The maximum absolute atomic E-state index is 13.1. The average molecular weight is 440 g/mol. The van der Waals surface area contributed by atoms with E-state index in [2.05, 4.69) is 15.0 Å². The quantitative estimate of drug-likeness (QED) is 0.583. The molecule has 1 aliphatic heterocycles. The van der Waals surface area contributed by atoms with E-state index in [-0.39, 0.29) is 25.2 Å². The second-order valence-electron chi connectivity index (χ2n) is 6.72. The second kappa shape index (κ2) is 7.67. The predicted octanol–water partition coefficient (Wildman–Crippen LogP) is 3.73. The molecule has 1 aliphatic rings. The average Bonchev–Trinajstić information content (AvgIpc) is 3.10. The topological polar surface area (TPSA) is 63.9 Å². The third-order valence-corrected chi connectivity index (χ3v) is 5.21. The number of benzene rings is 1. The fourth-order valence-electron chi connectivity index (χ4n) is 3.34. The van der Waals surface area contributed by atoms with Gasteiger partial charge in [0.2, 0.25) is 0 Å². The summed E-state index contributed by atoms with van der Waals surface area (Å²) in [6.07, 6.45) is -0.485. The van der Waals surface area contributed by atoms with Crippen LogP contribution in [0.1, 0.15) is 33.1 Å². The molecule has 0 fully saturated rings. The second-order valence-corrected chi connectivity index (χ2v) is 7.10. The van der Waals surface area contributed by atoms with Gasteiger partial charge in [0.1, 0.15) is 5.82 Å². The van der Waals surface area contributed by atoms with E-state index in [0.29, 0.717) is 17.9 Å². The molecule has 0 saturated carbocycles. The Morgan fingerprint density at radius 2 is 1.90 bits per heavy atom. The lowest BCUT2D eigenvalue weighted by Crippen LogP contribution is -2.37. The van der Waals surface area contributed by atoms with Crippen LogP contribution in [-0.2, 0) is 25.7 Å². The van der Waals surface area contributed by atoms with Gasteiger partial charge in [0.15, 0.2) is 5.82 Å². The van der Waals surface area contributed by atoms with Crippen LogP contribution in [0, 0.1) is 5.82 Å². The van der Waals surface area contributed by atoms with Crippen molar-refractivity contribution in [1.82, 2.24) is 24.4 Å². The highest BCUT2D eigenvalue weighted by Crippen LogP contribution is 2.36. The minimum absolute atomic E-state index is 0.137. The standard InChI is InChI=1S/C19H14ClF4N5O/c20-17-12(2-1-3-13(17)19(22,23)24)18(30)28-5-4-15-14(8-28)27-10-29(15)9-16-25-6-11(21)7-26-16/h1-3,6-7,10H,4-5,8-9H2. The largest absolute Gasteiger partial charge is 0.417 e. The van der Waals surface area contributed by atoms with Crippen molar-refractivity contribution in [3.8, 4) is 0 Å². The van der Waals surface area contributed by atoms with E-state index in [1.807, 2.05) is 4.57 Å². The molecule has 2 aromatic heterocycles. The van der Waals surface area contributed by atoms with Gasteiger partial charge in [-0.3, -0.25) is 4.79 Å². The zero-order valence-electron chi connectivity index (χ0n) is 15.3. The summed E-state index contributed by atoms with van der Waals surface area (Å²) in [6.45, 7) is 0.711. The van der Waals surface area contributed by atoms with Gasteiger partial charge >= 0.3 is 6.18 Å². The molecule has 0 radical (unpaired) electrons. The number of imidazole rings is 1. The number of amides is 1. The highest BCUT2D eigenvalue weighted by Gasteiger charge is 2.35. The molecular weight excluding hydrogens is 426 g/mol. The molecule has 11 heteroatoms. The zero-order valence-corrected chi connectivity index (χ0v) is 16.1. The van der Waals surface area contributed by atoms with Crippen LogP contribution in [0.4, 0.5) is 17.6 Å². The molecule has 3 heterocycles. The minimum Gasteiger partial charge on any atom is -0.332 e. The van der Waals surface area contributed by atoms with Crippen molar-refractivity contribution in [2.75, 3.05) is 6.54 Å². The Morgan fingerprint density at radius 1 is 1.17 bits per heavy atom. The van der Waals surface area contributed by atoms with Crippen LogP contribution >= 0.6 is 11.6 Å². The van der Waals surface area contributed by atoms with Gasteiger partial charge in [-0.1, -0.05) is 17.7 Å². The molecule has 0 saturated heterocycles. The van der Waals surface area contributed by atoms with E-state index in [9.17, 15) is 22.4 Å². The van der Waals surface area contributed by atoms with E-state index in [1.165, 1.54) is 11.0 Å². The lowest BCUT2D eigenvalue weighted by Gasteiger charge is -2.28. The first-order valence-electron chi connectivity index (χ1n) is 8.88. The Bertz CT molecular complexity index is 1100. The van der Waals surface area contributed by atoms with Crippen molar-refractivity contribution in [1.29, 1.82) is 0 Å². The number of hydrogen-bond acceptors (Lipinski definition) is 4. The molecule has 0 bridgehead atoms. The van der Waals surface area contributed by atoms with E-state index >= 15 is 0 Å². The van der Waals surface area contributed by atoms with Crippen molar-refractivity contribution >= 4 is 17.5 Å². The van der Waals surface area contributed by atoms with Gasteiger partial charge in [-0.2, -0.15) is 13.2 Å². The number of aromatic nitrogens is 4. The van der Waals surface area contributed by atoms with Crippen LogP contribution < -0.4 is 0 Å². The maximum atomic E-state index is 13.1. The number of carbonyl (C=O) groups excluding carboxylic acids is 1. The summed E-state index contributed by atoms with van der Waals surface area (Å²) >= 11 is 5.89. The van der Waals surface area contributed by atoms with Crippen LogP contribution in [0.15, 0.2) is 36.9 Å². The Kier molecular flexibility index (Phi) is 5.19. The normalized spacial score (nSPS) is 14.0. The molecular formula is C19H14ClF4N5O. The molecule has 1 aromatic carbocycles. The van der Waals surface area contributed by atoms with E-state index < -0.39 is 28.5 Å². The van der Waals surface area contributed by atoms with Gasteiger partial charge in [-0.05, 0) is 12.1 Å². The van der Waals surface area contributed by atoms with Gasteiger partial charge in [-0.25, -0.2) is 19.3 Å². The van der Waals surface area contributed by atoms with Crippen molar-refractivity contribution in [2.24, 2.45) is 0 Å². The number of carbonyl (C=O) groups is 1. The van der Waals surface area contributed by atoms with Crippen molar-refractivity contribution in [3.63, 3.8) is 0 Å². The third kappa shape index (κ3) is 3.87. The molecule has 6 nitrogen and oxygen atoms in total. The van der Waals surface area contributed by atoms with Crippen molar-refractivity contribution in [3.05, 3.63) is 76.1 Å². The number of alkyl halides is 3. The van der Waals surface area contributed by atoms with Crippen molar-refractivity contribution < 1.29 is 22.4 Å². The number of nitrogens with zero attached hydrogens (tertiary/aromatic N) is 5. The van der Waals surface area contributed by atoms with E-state index in [4.69, 9.17) is 11.6 Å². The van der Waals surface area contributed by atoms with Crippen LogP contribution in [0.25, 0.3) is 0 Å². The molecule has 0 unspecified atom stereocenters. The zero-order chi connectivity index (χ0) is 21.5. The van der Waals surface area contributed by atoms with E-state index in [0.717, 1.165) is 30.2 Å². The lowest BCUT2D eigenvalue weighted by atomic mass is 10.1. The van der Waals surface area contributed by atoms with Gasteiger partial charge in [0.05, 0.1) is 53.7 Å². The first-order valence-corrected chi connectivity index (χ1v) is 9.26. The highest BCUT2D eigenvalue weighted by atomic mass is 35.5. The summed E-state index contributed by atoms with van der Waals surface area (Å²) in [6, 6.07) is 3.28. The number of hydrogen-bond donors (Lipinski definition) is 0. The van der Waals surface area contributed by atoms with Crippen molar-refractivity contribution in [2.45, 2.75) is 25.7 Å². The van der Waals surface area contributed by atoms with Crippen LogP contribution in [-0.4, -0.2) is 36.9 Å². The lowest BCUT2D eigenvalue weighted by molar-refractivity contribution is -0.137. The van der Waals surface area contributed by atoms with E-state index in [1.54, 1.807) is 6.33 Å². The molecule has 4 rings (SSSR count). The fraction of sp³-hybridized carbons (Fsp3) is 0.263. The molecule has 0 N–H and O–H groups in total. The molecule has 3 aromatic rings. The Balaban J connectivity index is 1.53. The molecule has 0 atom stereocenters. The first-order chi connectivity index (χ1) is 14.2. The minimum atomic E-state index is -4.65. The first kappa shape index (κ1) is 20.3. The third-order valence-electron chi connectivity index (χ3n) is 4.80. The summed E-state index contributed by atoms with van der Waals surface area (Å²) in [5, 5.41) is -0.611. The number of rotatable bonds is 3. The number of fused-ring (bicyclic) bond motifs is 1. The number of halogens is 5. The molecule has 0 aliphatic carbocycles. The predicted molar refractivity (Wildman–Crippen MR) is 98.2 cm³/mol. The fourth-order valence-corrected chi connectivity index (χ4v) is 3.65. The Hall–Kier alpha value is -3.01. The highest BCUT2D eigenvalue weighted by molar-refractivity contribution is 6.34. The van der Waals surface area contributed by atoms with Crippen LogP contribution in [0.2, 0.25) is 5.02 Å². The Morgan fingerprint density at radius 3 is 2.60 bits per heavy atom. The smallest absolute Gasteiger partial charge is 0.332 e. The molecule has 0 spiro atoms. The molecule has 30 heavy (non-hydrogen) atoms. The summed E-state index contributed by atoms with van der Waals surface area (Å²) in [4.78, 5) is 26.4. The SMILES string of the molecule is O=C(c1cccc(C(F)(F)F)c1Cl)N1CCc2c(ncn2Cc2ncc(F)cn2)C1. The monoisotopic (exact) mass is 439 g/mol. The summed E-state index contributed by atoms with van der Waals surface area (Å²) < 4.78 is 54.0. The summed E-state index contributed by atoms with van der Waals surface area (Å²) in [7, 11) is 0. The molecule has 156 valence electrons. The Labute approximate surface area is 173 Å². The van der Waals surface area contributed by atoms with Gasteiger partial charge in [0.25, 0.3) is 5.91 Å². The van der Waals surface area contributed by atoms with Gasteiger partial charge in [-0.15, -0.1) is 0 Å². The summed E-state index contributed by atoms with van der Waals surface area (Å²) in [5.74, 6) is -0.715. The summed E-state index contributed by atoms with van der Waals surface area (Å²) in [5.41, 5.74) is 0.243. The van der Waals surface area contributed by atoms with Crippen LogP contribution in [0.5, 0.6) is 0 Å². The van der Waals surface area contributed by atoms with Gasteiger partial charge < -0.3 is 9.47 Å².